The highest BCUT2D eigenvalue weighted by atomic mass is 16.6. The third-order valence-electron chi connectivity index (χ3n) is 6.78. The van der Waals surface area contributed by atoms with E-state index in [1.807, 2.05) is 20.8 Å². The fraction of sp³-hybridized carbons (Fsp3) is 0.625. The van der Waals surface area contributed by atoms with E-state index in [4.69, 9.17) is 9.47 Å². The highest BCUT2D eigenvalue weighted by Gasteiger charge is 2.59. The van der Waals surface area contributed by atoms with Gasteiger partial charge in [-0.05, 0) is 51.5 Å². The summed E-state index contributed by atoms with van der Waals surface area (Å²) in [7, 11) is 1.23. The van der Waals surface area contributed by atoms with Gasteiger partial charge in [0.25, 0.3) is 5.69 Å². The van der Waals surface area contributed by atoms with Crippen LogP contribution in [0.25, 0.3) is 0 Å². The first-order valence-electron chi connectivity index (χ1n) is 11.0. The summed E-state index contributed by atoms with van der Waals surface area (Å²) in [5.41, 5.74) is -1.64. The molecule has 0 heterocycles. The first-order valence-corrected chi connectivity index (χ1v) is 11.0. The molecular formula is C24H34N2O7. The second kappa shape index (κ2) is 9.49. The monoisotopic (exact) mass is 462 g/mol. The van der Waals surface area contributed by atoms with E-state index in [1.54, 1.807) is 32.9 Å². The molecule has 0 aromatic heterocycles. The minimum absolute atomic E-state index is 0.0634. The highest BCUT2D eigenvalue weighted by molar-refractivity contribution is 5.88. The van der Waals surface area contributed by atoms with Crippen molar-refractivity contribution >= 4 is 23.5 Å². The molecule has 182 valence electrons. The Balaban J connectivity index is 2.19. The Bertz CT molecular complexity index is 918. The molecule has 1 N–H and O–H groups in total. The summed E-state index contributed by atoms with van der Waals surface area (Å²) in [5, 5.41) is 13.6. The molecule has 0 radical (unpaired) electrons. The van der Waals surface area contributed by atoms with Crippen LogP contribution >= 0.6 is 0 Å². The molecule has 1 aliphatic rings. The number of rotatable bonds is 7. The van der Waals surface area contributed by atoms with Crippen LogP contribution < -0.4 is 5.32 Å². The van der Waals surface area contributed by atoms with Crippen molar-refractivity contribution in [3.8, 4) is 0 Å². The normalized spacial score (nSPS) is 22.8. The van der Waals surface area contributed by atoms with Crippen LogP contribution in [0.15, 0.2) is 24.3 Å². The van der Waals surface area contributed by atoms with Crippen molar-refractivity contribution in [2.24, 2.45) is 16.7 Å². The van der Waals surface area contributed by atoms with Gasteiger partial charge in [0, 0.05) is 24.5 Å². The second-order valence-electron chi connectivity index (χ2n) is 10.4. The van der Waals surface area contributed by atoms with E-state index in [0.29, 0.717) is 18.4 Å². The van der Waals surface area contributed by atoms with Gasteiger partial charge in [-0.2, -0.15) is 0 Å². The molecule has 1 aromatic carbocycles. The van der Waals surface area contributed by atoms with Crippen LogP contribution in [-0.2, 0) is 30.3 Å². The Labute approximate surface area is 194 Å². The van der Waals surface area contributed by atoms with Crippen LogP contribution in [0.5, 0.6) is 0 Å². The van der Waals surface area contributed by atoms with Crippen LogP contribution in [0.4, 0.5) is 5.69 Å². The molecule has 2 rings (SSSR count). The molecule has 9 heteroatoms. The average Bonchev–Trinajstić information content (AvgIpc) is 2.96. The van der Waals surface area contributed by atoms with Gasteiger partial charge in [0.05, 0.1) is 17.4 Å². The quantitative estimate of drug-likeness (QED) is 0.373. The van der Waals surface area contributed by atoms with Gasteiger partial charge in [-0.25, -0.2) is 4.79 Å². The van der Waals surface area contributed by atoms with E-state index >= 15 is 0 Å². The minimum Gasteiger partial charge on any atom is -0.467 e. The van der Waals surface area contributed by atoms with E-state index in [0.717, 1.165) is 0 Å². The van der Waals surface area contributed by atoms with Gasteiger partial charge in [0.1, 0.15) is 11.6 Å². The summed E-state index contributed by atoms with van der Waals surface area (Å²) in [5.74, 6) is -1.82. The van der Waals surface area contributed by atoms with Crippen molar-refractivity contribution in [3.63, 3.8) is 0 Å². The molecule has 9 nitrogen and oxygen atoms in total. The number of nitro groups is 1. The molecule has 1 amide bonds. The predicted octanol–water partition coefficient (Wildman–Crippen LogP) is 3.58. The van der Waals surface area contributed by atoms with E-state index in [9.17, 15) is 24.5 Å². The average molecular weight is 463 g/mol. The topological polar surface area (TPSA) is 125 Å². The van der Waals surface area contributed by atoms with Crippen molar-refractivity contribution < 1.29 is 28.8 Å². The molecule has 1 aromatic rings. The van der Waals surface area contributed by atoms with Crippen LogP contribution in [0.2, 0.25) is 0 Å². The maximum absolute atomic E-state index is 13.3. The Morgan fingerprint density at radius 2 is 1.76 bits per heavy atom. The summed E-state index contributed by atoms with van der Waals surface area (Å²) in [6, 6.07) is 4.81. The Kier molecular flexibility index (Phi) is 7.56. The number of hydrogen-bond acceptors (Lipinski definition) is 7. The molecular weight excluding hydrogens is 428 g/mol. The third-order valence-corrected chi connectivity index (χ3v) is 6.78. The molecule has 0 bridgehead atoms. The fourth-order valence-corrected chi connectivity index (χ4v) is 4.31. The maximum atomic E-state index is 13.3. The zero-order valence-corrected chi connectivity index (χ0v) is 20.4. The molecule has 33 heavy (non-hydrogen) atoms. The number of hydrogen-bond donors (Lipinski definition) is 1. The molecule has 1 aliphatic carbocycles. The van der Waals surface area contributed by atoms with Crippen LogP contribution in [-0.4, -0.2) is 41.5 Å². The van der Waals surface area contributed by atoms with Crippen molar-refractivity contribution in [3.05, 3.63) is 39.9 Å². The lowest BCUT2D eigenvalue weighted by molar-refractivity contribution is -0.384. The standard InChI is InChI=1S/C24H34N2O7/c1-22(2,3)33-21(29)24(6)13-12-17(23(24,4)5)19(27)25-18(20(28)32-7)14-15-8-10-16(11-9-15)26(30)31/h8-11,17-18H,12-14H2,1-7H3,(H,25,27)/t17?,18-,24?/m0/s1. The predicted molar refractivity (Wildman–Crippen MR) is 121 cm³/mol. The number of benzene rings is 1. The maximum Gasteiger partial charge on any atom is 0.328 e. The lowest BCUT2D eigenvalue weighted by Gasteiger charge is -2.40. The molecule has 2 unspecified atom stereocenters. The van der Waals surface area contributed by atoms with Crippen molar-refractivity contribution in [2.75, 3.05) is 7.11 Å². The van der Waals surface area contributed by atoms with Gasteiger partial charge in [0.15, 0.2) is 0 Å². The summed E-state index contributed by atoms with van der Waals surface area (Å²) >= 11 is 0. The van der Waals surface area contributed by atoms with Crippen molar-refractivity contribution in [1.82, 2.24) is 5.32 Å². The number of esters is 2. The summed E-state index contributed by atoms with van der Waals surface area (Å²) in [4.78, 5) is 49.0. The summed E-state index contributed by atoms with van der Waals surface area (Å²) < 4.78 is 10.5. The first-order chi connectivity index (χ1) is 15.1. The van der Waals surface area contributed by atoms with Gasteiger partial charge < -0.3 is 14.8 Å². The third kappa shape index (κ3) is 5.69. The minimum atomic E-state index is -0.965. The van der Waals surface area contributed by atoms with Gasteiger partial charge in [-0.1, -0.05) is 26.0 Å². The molecule has 3 atom stereocenters. The number of ether oxygens (including phenoxy) is 2. The number of methoxy groups -OCH3 is 1. The number of nitrogens with zero attached hydrogens (tertiary/aromatic N) is 1. The molecule has 0 saturated heterocycles. The van der Waals surface area contributed by atoms with Gasteiger partial charge in [-0.3, -0.25) is 19.7 Å². The number of amides is 1. The van der Waals surface area contributed by atoms with E-state index in [-0.39, 0.29) is 24.0 Å². The Morgan fingerprint density at radius 1 is 1.18 bits per heavy atom. The number of nitrogens with one attached hydrogen (secondary N) is 1. The number of non-ortho nitro benzene ring substituents is 1. The fourth-order valence-electron chi connectivity index (χ4n) is 4.31. The zero-order chi connectivity index (χ0) is 25.2. The number of nitro benzene ring substituents is 1. The second-order valence-corrected chi connectivity index (χ2v) is 10.4. The van der Waals surface area contributed by atoms with Crippen LogP contribution in [0.3, 0.4) is 0 Å². The SMILES string of the molecule is COC(=O)[C@H](Cc1ccc([N+](=O)[O-])cc1)NC(=O)C1CCC(C)(C(=O)OC(C)(C)C)C1(C)C. The molecule has 0 spiro atoms. The zero-order valence-electron chi connectivity index (χ0n) is 20.4. The van der Waals surface area contributed by atoms with E-state index < -0.39 is 39.3 Å². The van der Waals surface area contributed by atoms with E-state index in [1.165, 1.54) is 19.2 Å². The van der Waals surface area contributed by atoms with Gasteiger partial charge in [0.2, 0.25) is 5.91 Å². The number of carbonyl (C=O) groups is 3. The first kappa shape index (κ1) is 26.3. The van der Waals surface area contributed by atoms with Crippen LogP contribution in [0, 0.1) is 26.9 Å². The van der Waals surface area contributed by atoms with Gasteiger partial charge in [-0.15, -0.1) is 0 Å². The summed E-state index contributed by atoms with van der Waals surface area (Å²) in [6.07, 6.45) is 1.07. The molecule has 1 saturated carbocycles. The number of carbonyl (C=O) groups excluding carboxylic acids is 3. The highest BCUT2D eigenvalue weighted by Crippen LogP contribution is 2.57. The molecule has 1 fully saturated rings. The lowest BCUT2D eigenvalue weighted by Crippen LogP contribution is -2.51. The van der Waals surface area contributed by atoms with E-state index in [2.05, 4.69) is 5.32 Å². The van der Waals surface area contributed by atoms with Gasteiger partial charge >= 0.3 is 11.9 Å². The van der Waals surface area contributed by atoms with Crippen molar-refractivity contribution in [1.29, 1.82) is 0 Å². The Hall–Kier alpha value is -2.97. The smallest absolute Gasteiger partial charge is 0.328 e. The summed E-state index contributed by atoms with van der Waals surface area (Å²) in [6.45, 7) is 11.0. The molecule has 0 aliphatic heterocycles. The van der Waals surface area contributed by atoms with Crippen molar-refractivity contribution in [2.45, 2.75) is 72.4 Å². The largest absolute Gasteiger partial charge is 0.467 e. The lowest BCUT2D eigenvalue weighted by atomic mass is 9.65. The Morgan fingerprint density at radius 3 is 2.24 bits per heavy atom. The van der Waals surface area contributed by atoms with Crippen LogP contribution in [0.1, 0.15) is 59.9 Å².